The molecule has 0 aromatic rings. The molecule has 3 atom stereocenters. The lowest BCUT2D eigenvalue weighted by Gasteiger charge is -2.21. The molecule has 1 fully saturated rings. The number of rotatable bonds is 1. The molecule has 0 aromatic carbocycles. The lowest BCUT2D eigenvalue weighted by atomic mass is 10.1. The van der Waals surface area contributed by atoms with E-state index in [9.17, 15) is 0 Å². The lowest BCUT2D eigenvalue weighted by molar-refractivity contribution is 0.542. The van der Waals surface area contributed by atoms with Gasteiger partial charge in [-0.3, -0.25) is 0 Å². The quantitative estimate of drug-likeness (QED) is 0.523. The van der Waals surface area contributed by atoms with Crippen LogP contribution in [0.5, 0.6) is 0 Å². The molecule has 0 aromatic heterocycles. The van der Waals surface area contributed by atoms with E-state index in [-0.39, 0.29) is 2.14 Å². The van der Waals surface area contributed by atoms with Gasteiger partial charge in [-0.1, -0.05) is 84.5 Å². The highest BCUT2D eigenvalue weighted by molar-refractivity contribution is 9.40. The van der Waals surface area contributed by atoms with E-state index in [2.05, 4.69) is 84.5 Å². The van der Waals surface area contributed by atoms with E-state index in [1.165, 1.54) is 0 Å². The fourth-order valence-electron chi connectivity index (χ4n) is 1.77. The van der Waals surface area contributed by atoms with Gasteiger partial charge in [0.2, 0.25) is 0 Å². The highest BCUT2D eigenvalue weighted by Gasteiger charge is 2.60. The zero-order valence-electron chi connectivity index (χ0n) is 7.24. The Morgan fingerprint density at radius 2 is 1.58 bits per heavy atom. The molecule has 0 aliphatic heterocycles. The molecule has 0 nitrogen and oxygen atoms in total. The minimum absolute atomic E-state index is 0.167. The van der Waals surface area contributed by atoms with Gasteiger partial charge in [-0.2, -0.15) is 0 Å². The molecule has 12 heavy (non-hydrogen) atoms. The summed E-state index contributed by atoms with van der Waals surface area (Å²) in [5, 5.41) is 0. The van der Waals surface area contributed by atoms with Crippen molar-refractivity contribution in [2.45, 2.75) is 27.7 Å². The number of hydrogen-bond donors (Lipinski definition) is 0. The fourth-order valence-corrected chi connectivity index (χ4v) is 3.77. The Bertz CT molecular complexity index is 172. The first-order valence-electron chi connectivity index (χ1n) is 3.90. The van der Waals surface area contributed by atoms with E-state index in [1.54, 1.807) is 0 Å². The average Bonchev–Trinajstić information content (AvgIpc) is 2.30. The van der Waals surface area contributed by atoms with Gasteiger partial charge in [-0.05, 0) is 17.3 Å². The molecule has 1 aliphatic carbocycles. The third-order valence-corrected chi connectivity index (χ3v) is 7.67. The largest absolute Gasteiger partial charge is 0.147 e. The van der Waals surface area contributed by atoms with Crippen molar-refractivity contribution in [1.29, 1.82) is 0 Å². The van der Waals surface area contributed by atoms with Gasteiger partial charge in [0.1, 0.15) is 2.14 Å². The number of alkyl halides is 4. The summed E-state index contributed by atoms with van der Waals surface area (Å²) < 4.78 is -0.167. The predicted octanol–water partition coefficient (Wildman–Crippen LogP) is 4.88. The first-order chi connectivity index (χ1) is 5.19. The molecule has 3 unspecified atom stereocenters. The van der Waals surface area contributed by atoms with Gasteiger partial charge >= 0.3 is 0 Å². The number of halogens is 4. The van der Waals surface area contributed by atoms with Crippen LogP contribution in [0, 0.1) is 17.3 Å². The molecule has 0 bridgehead atoms. The highest BCUT2D eigenvalue weighted by Crippen LogP contribution is 2.65. The van der Waals surface area contributed by atoms with Gasteiger partial charge in [-0.15, -0.1) is 0 Å². The average molecular weight is 428 g/mol. The van der Waals surface area contributed by atoms with E-state index < -0.39 is 0 Å². The van der Waals surface area contributed by atoms with Crippen LogP contribution in [0.3, 0.4) is 0 Å². The summed E-state index contributed by atoms with van der Waals surface area (Å²) in [4.78, 5) is 0.412. The Labute approximate surface area is 108 Å². The van der Waals surface area contributed by atoms with Crippen molar-refractivity contribution in [2.24, 2.45) is 17.3 Å². The zero-order chi connectivity index (χ0) is 9.73. The molecule has 0 spiro atoms. The summed E-state index contributed by atoms with van der Waals surface area (Å²) in [5.74, 6) is 1.50. The van der Waals surface area contributed by atoms with Gasteiger partial charge in [0.05, 0.1) is 4.83 Å². The summed E-state index contributed by atoms with van der Waals surface area (Å²) >= 11 is 14.4. The molecular formula is C8H12Br4. The van der Waals surface area contributed by atoms with Crippen LogP contribution in [-0.2, 0) is 0 Å². The molecule has 1 saturated carbocycles. The van der Waals surface area contributed by atoms with Crippen molar-refractivity contribution in [1.82, 2.24) is 0 Å². The van der Waals surface area contributed by atoms with Crippen molar-refractivity contribution in [3.63, 3.8) is 0 Å². The van der Waals surface area contributed by atoms with Gasteiger partial charge in [0.25, 0.3) is 0 Å². The predicted molar refractivity (Wildman–Crippen MR) is 68.7 cm³/mol. The van der Waals surface area contributed by atoms with E-state index in [4.69, 9.17) is 0 Å². The van der Waals surface area contributed by atoms with Crippen LogP contribution in [-0.4, -0.2) is 6.97 Å². The SMILES string of the molecule is CC1C(C(Br)C(Br)(Br)Br)C1(C)C. The molecule has 0 saturated heterocycles. The van der Waals surface area contributed by atoms with Crippen LogP contribution in [0.25, 0.3) is 0 Å². The summed E-state index contributed by atoms with van der Waals surface area (Å²) in [6.07, 6.45) is 0. The molecule has 4 heteroatoms. The van der Waals surface area contributed by atoms with Crippen molar-refractivity contribution in [2.75, 3.05) is 0 Å². The Kier molecular flexibility index (Phi) is 3.49. The Morgan fingerprint density at radius 1 is 1.25 bits per heavy atom. The normalized spacial score (nSPS) is 36.2. The Morgan fingerprint density at radius 3 is 1.67 bits per heavy atom. The molecule has 72 valence electrons. The van der Waals surface area contributed by atoms with E-state index in [1.807, 2.05) is 0 Å². The van der Waals surface area contributed by atoms with Crippen molar-refractivity contribution >= 4 is 63.7 Å². The van der Waals surface area contributed by atoms with E-state index >= 15 is 0 Å². The summed E-state index contributed by atoms with van der Waals surface area (Å²) in [5.41, 5.74) is 0.467. The Balaban J connectivity index is 2.64. The summed E-state index contributed by atoms with van der Waals surface area (Å²) in [7, 11) is 0. The molecule has 1 rings (SSSR count). The lowest BCUT2D eigenvalue weighted by Crippen LogP contribution is -2.21. The van der Waals surface area contributed by atoms with Crippen LogP contribution in [0.2, 0.25) is 0 Å². The van der Waals surface area contributed by atoms with Gasteiger partial charge in [0.15, 0.2) is 0 Å². The second-order valence-corrected chi connectivity index (χ2v) is 12.0. The van der Waals surface area contributed by atoms with E-state index in [0.29, 0.717) is 10.2 Å². The second-order valence-electron chi connectivity index (χ2n) is 4.08. The molecule has 0 radical (unpaired) electrons. The smallest absolute Gasteiger partial charge is 0.0853 e. The third kappa shape index (κ3) is 2.12. The van der Waals surface area contributed by atoms with E-state index in [0.717, 1.165) is 11.8 Å². The van der Waals surface area contributed by atoms with Crippen molar-refractivity contribution < 1.29 is 0 Å². The van der Waals surface area contributed by atoms with Crippen LogP contribution < -0.4 is 0 Å². The maximum Gasteiger partial charge on any atom is 0.147 e. The molecular weight excluding hydrogens is 416 g/mol. The third-order valence-electron chi connectivity index (χ3n) is 3.09. The zero-order valence-corrected chi connectivity index (χ0v) is 13.6. The van der Waals surface area contributed by atoms with Gasteiger partial charge < -0.3 is 0 Å². The van der Waals surface area contributed by atoms with Gasteiger partial charge in [-0.25, -0.2) is 0 Å². The molecule has 0 N–H and O–H groups in total. The Hall–Kier alpha value is 1.92. The minimum atomic E-state index is -0.167. The van der Waals surface area contributed by atoms with Crippen LogP contribution in [0.4, 0.5) is 0 Å². The highest BCUT2D eigenvalue weighted by atomic mass is 80.0. The van der Waals surface area contributed by atoms with Gasteiger partial charge in [0, 0.05) is 0 Å². The second kappa shape index (κ2) is 3.49. The molecule has 0 amide bonds. The van der Waals surface area contributed by atoms with Crippen LogP contribution in [0.1, 0.15) is 20.8 Å². The van der Waals surface area contributed by atoms with Crippen molar-refractivity contribution in [3.05, 3.63) is 0 Å². The first-order valence-corrected chi connectivity index (χ1v) is 7.19. The first kappa shape index (κ1) is 12.0. The topological polar surface area (TPSA) is 0 Å². The molecule has 0 heterocycles. The maximum absolute atomic E-state index is 3.70. The minimum Gasteiger partial charge on any atom is -0.0853 e. The number of hydrogen-bond acceptors (Lipinski definition) is 0. The standard InChI is InChI=1S/C8H12Br4/c1-4-5(7(4,2)3)6(9)8(10,11)12/h4-6H,1-3H3. The monoisotopic (exact) mass is 424 g/mol. The van der Waals surface area contributed by atoms with Crippen LogP contribution >= 0.6 is 63.7 Å². The summed E-state index contributed by atoms with van der Waals surface area (Å²) in [6, 6.07) is 0. The van der Waals surface area contributed by atoms with Crippen molar-refractivity contribution in [3.8, 4) is 0 Å². The maximum atomic E-state index is 3.70. The fraction of sp³-hybridized carbons (Fsp3) is 1.00. The summed E-state index contributed by atoms with van der Waals surface area (Å²) in [6.45, 7) is 6.93. The van der Waals surface area contributed by atoms with Crippen LogP contribution in [0.15, 0.2) is 0 Å². The molecule has 1 aliphatic rings.